The van der Waals surface area contributed by atoms with Crippen LogP contribution in [0.5, 0.6) is 11.5 Å². The van der Waals surface area contributed by atoms with E-state index in [9.17, 15) is 9.59 Å². The molecule has 0 aliphatic carbocycles. The van der Waals surface area contributed by atoms with E-state index in [1.54, 1.807) is 26.4 Å². The van der Waals surface area contributed by atoms with E-state index in [-0.39, 0.29) is 17.8 Å². The van der Waals surface area contributed by atoms with Crippen LogP contribution in [-0.2, 0) is 14.1 Å². The Bertz CT molecular complexity index is 1200. The highest BCUT2D eigenvalue weighted by Crippen LogP contribution is 2.39. The average molecular weight is 412 g/mol. The number of nitrogens with one attached hydrogen (secondary N) is 2. The summed E-state index contributed by atoms with van der Waals surface area (Å²) in [6, 6.07) is 1.51. The number of carbonyl (C=O) groups excluding carboxylic acids is 1. The van der Waals surface area contributed by atoms with E-state index in [2.05, 4.69) is 15.6 Å². The number of benzene rings is 1. The lowest BCUT2D eigenvalue weighted by molar-refractivity contribution is 0.250. The van der Waals surface area contributed by atoms with Gasteiger partial charge in [0.2, 0.25) is 0 Å². The lowest BCUT2D eigenvalue weighted by Gasteiger charge is -2.22. The van der Waals surface area contributed by atoms with Gasteiger partial charge in [0.1, 0.15) is 11.3 Å². The van der Waals surface area contributed by atoms with Crippen molar-refractivity contribution in [3.63, 3.8) is 0 Å². The van der Waals surface area contributed by atoms with Gasteiger partial charge in [-0.2, -0.15) is 0 Å². The molecule has 0 aliphatic rings. The van der Waals surface area contributed by atoms with Gasteiger partial charge in [0.15, 0.2) is 11.4 Å². The second-order valence-electron chi connectivity index (χ2n) is 7.94. The summed E-state index contributed by atoms with van der Waals surface area (Å²) >= 11 is 0. The molecule has 2 aromatic heterocycles. The van der Waals surface area contributed by atoms with Crippen LogP contribution in [0.2, 0.25) is 0 Å². The second kappa shape index (κ2) is 7.85. The molecule has 8 heteroatoms. The molecule has 1 aromatic carbocycles. The summed E-state index contributed by atoms with van der Waals surface area (Å²) < 4.78 is 9.37. The quantitative estimate of drug-likeness (QED) is 0.683. The van der Waals surface area contributed by atoms with E-state index in [1.807, 2.05) is 41.5 Å². The Balaban J connectivity index is 2.14. The number of aryl methyl sites for hydroxylation is 2. The number of ether oxygens (including phenoxy) is 1. The SMILES string of the molecule is Cc1c(C)c(NC(=O)NC(C)C)c(C)c(Oc2ccnc3c2n(C)c(=O)n3C)c1C. The highest BCUT2D eigenvalue weighted by Gasteiger charge is 2.21. The number of aromatic nitrogens is 3. The van der Waals surface area contributed by atoms with Crippen molar-refractivity contribution in [2.75, 3.05) is 5.32 Å². The average Bonchev–Trinajstić information content (AvgIpc) is 2.91. The number of carbonyl (C=O) groups is 1. The summed E-state index contributed by atoms with van der Waals surface area (Å²) in [4.78, 5) is 29.0. The number of nitrogens with zero attached hydrogens (tertiary/aromatic N) is 3. The van der Waals surface area contributed by atoms with Crippen LogP contribution < -0.4 is 21.1 Å². The molecule has 0 fully saturated rings. The number of hydrogen-bond acceptors (Lipinski definition) is 4. The van der Waals surface area contributed by atoms with E-state index in [1.165, 1.54) is 9.13 Å². The highest BCUT2D eigenvalue weighted by molar-refractivity contribution is 5.92. The Labute approximate surface area is 175 Å². The molecule has 3 aromatic rings. The minimum Gasteiger partial charge on any atom is -0.454 e. The third-order valence-corrected chi connectivity index (χ3v) is 5.52. The van der Waals surface area contributed by atoms with Crippen molar-refractivity contribution in [3.8, 4) is 11.5 Å². The summed E-state index contributed by atoms with van der Waals surface area (Å²) in [6.45, 7) is 11.7. The number of rotatable bonds is 4. The first-order valence-corrected chi connectivity index (χ1v) is 9.90. The lowest BCUT2D eigenvalue weighted by Crippen LogP contribution is -2.34. The predicted molar refractivity (Wildman–Crippen MR) is 119 cm³/mol. The van der Waals surface area contributed by atoms with Crippen molar-refractivity contribution in [1.29, 1.82) is 0 Å². The van der Waals surface area contributed by atoms with Crippen LogP contribution in [0.25, 0.3) is 11.2 Å². The first-order valence-electron chi connectivity index (χ1n) is 9.90. The third kappa shape index (κ3) is 3.53. The van der Waals surface area contributed by atoms with Gasteiger partial charge in [0.05, 0.1) is 5.69 Å². The van der Waals surface area contributed by atoms with Crippen molar-refractivity contribution < 1.29 is 9.53 Å². The summed E-state index contributed by atoms with van der Waals surface area (Å²) in [5, 5.41) is 5.81. The minimum atomic E-state index is -0.262. The van der Waals surface area contributed by atoms with Crippen LogP contribution in [0, 0.1) is 27.7 Å². The molecule has 0 atom stereocenters. The third-order valence-electron chi connectivity index (χ3n) is 5.52. The molecule has 160 valence electrons. The number of fused-ring (bicyclic) bond motifs is 1. The van der Waals surface area contributed by atoms with Gasteiger partial charge in [-0.15, -0.1) is 0 Å². The van der Waals surface area contributed by atoms with Crippen LogP contribution in [0.3, 0.4) is 0 Å². The van der Waals surface area contributed by atoms with E-state index in [0.717, 1.165) is 27.9 Å². The highest BCUT2D eigenvalue weighted by atomic mass is 16.5. The Kier molecular flexibility index (Phi) is 5.61. The zero-order valence-electron chi connectivity index (χ0n) is 18.8. The second-order valence-corrected chi connectivity index (χ2v) is 7.94. The van der Waals surface area contributed by atoms with Crippen molar-refractivity contribution in [3.05, 3.63) is 45.0 Å². The van der Waals surface area contributed by atoms with Gasteiger partial charge < -0.3 is 15.4 Å². The molecule has 2 N–H and O–H groups in total. The number of hydrogen-bond donors (Lipinski definition) is 2. The fourth-order valence-electron chi connectivity index (χ4n) is 3.66. The standard InChI is InChI=1S/C22H29N5O3/c1-11(2)24-21(28)25-17-13(4)12(3)14(5)19(15(17)6)30-16-9-10-23-20-18(16)26(7)22(29)27(20)8/h9-11H,1-8H3,(H2,24,25,28). The van der Waals surface area contributed by atoms with Crippen molar-refractivity contribution >= 4 is 22.9 Å². The predicted octanol–water partition coefficient (Wildman–Crippen LogP) is 3.83. The Morgan fingerprint density at radius 3 is 2.33 bits per heavy atom. The molecule has 0 saturated carbocycles. The van der Waals surface area contributed by atoms with Crippen LogP contribution in [-0.4, -0.2) is 26.2 Å². The molecule has 0 saturated heterocycles. The van der Waals surface area contributed by atoms with Crippen molar-refractivity contribution in [1.82, 2.24) is 19.4 Å². The summed E-state index contributed by atoms with van der Waals surface area (Å²) in [5.74, 6) is 1.19. The number of pyridine rings is 1. The molecule has 0 spiro atoms. The smallest absolute Gasteiger partial charge is 0.329 e. The van der Waals surface area contributed by atoms with Gasteiger partial charge in [-0.05, 0) is 58.2 Å². The molecular weight excluding hydrogens is 382 g/mol. The molecule has 2 amide bonds. The van der Waals surface area contributed by atoms with Gasteiger partial charge >= 0.3 is 11.7 Å². The zero-order valence-corrected chi connectivity index (χ0v) is 18.8. The summed E-state index contributed by atoms with van der Waals surface area (Å²) in [5.41, 5.74) is 5.54. The van der Waals surface area contributed by atoms with Gasteiger partial charge in [0, 0.05) is 38.0 Å². The monoisotopic (exact) mass is 411 g/mol. The molecule has 0 unspecified atom stereocenters. The first-order chi connectivity index (χ1) is 14.0. The Hall–Kier alpha value is -3.29. The molecule has 2 heterocycles. The largest absolute Gasteiger partial charge is 0.454 e. The summed E-state index contributed by atoms with van der Waals surface area (Å²) in [6.07, 6.45) is 1.62. The fourth-order valence-corrected chi connectivity index (χ4v) is 3.66. The first kappa shape index (κ1) is 21.4. The molecular formula is C22H29N5O3. The number of imidazole rings is 1. The normalized spacial score (nSPS) is 11.2. The van der Waals surface area contributed by atoms with Gasteiger partial charge in [-0.25, -0.2) is 14.6 Å². The molecule has 8 nitrogen and oxygen atoms in total. The van der Waals surface area contributed by atoms with Crippen molar-refractivity contribution in [2.45, 2.75) is 47.6 Å². The van der Waals surface area contributed by atoms with Gasteiger partial charge in [-0.1, -0.05) is 0 Å². The van der Waals surface area contributed by atoms with Crippen LogP contribution in [0.1, 0.15) is 36.1 Å². The van der Waals surface area contributed by atoms with Crippen LogP contribution >= 0.6 is 0 Å². The molecule has 0 aliphatic heterocycles. The lowest BCUT2D eigenvalue weighted by atomic mass is 9.97. The Morgan fingerprint density at radius 1 is 1.03 bits per heavy atom. The van der Waals surface area contributed by atoms with Crippen molar-refractivity contribution in [2.24, 2.45) is 14.1 Å². The van der Waals surface area contributed by atoms with Crippen LogP contribution in [0.4, 0.5) is 10.5 Å². The molecule has 3 rings (SSSR count). The van der Waals surface area contributed by atoms with Gasteiger partial charge in [-0.3, -0.25) is 9.13 Å². The Morgan fingerprint density at radius 2 is 1.70 bits per heavy atom. The zero-order chi connectivity index (χ0) is 22.3. The molecule has 30 heavy (non-hydrogen) atoms. The maximum absolute atomic E-state index is 12.4. The topological polar surface area (TPSA) is 90.2 Å². The molecule has 0 bridgehead atoms. The van der Waals surface area contributed by atoms with E-state index in [4.69, 9.17) is 4.74 Å². The maximum Gasteiger partial charge on any atom is 0.329 e. The number of anilines is 1. The van der Waals surface area contributed by atoms with E-state index < -0.39 is 0 Å². The number of amides is 2. The van der Waals surface area contributed by atoms with Gasteiger partial charge in [0.25, 0.3) is 0 Å². The van der Waals surface area contributed by atoms with E-state index in [0.29, 0.717) is 22.7 Å². The maximum atomic E-state index is 12.4. The number of urea groups is 1. The summed E-state index contributed by atoms with van der Waals surface area (Å²) in [7, 11) is 3.38. The van der Waals surface area contributed by atoms with E-state index >= 15 is 0 Å². The minimum absolute atomic E-state index is 0.0253. The van der Waals surface area contributed by atoms with Crippen LogP contribution in [0.15, 0.2) is 17.1 Å². The molecule has 0 radical (unpaired) electrons. The fraction of sp³-hybridized carbons (Fsp3) is 0.409.